The van der Waals surface area contributed by atoms with Crippen LogP contribution in [-0.2, 0) is 4.79 Å². The van der Waals surface area contributed by atoms with E-state index in [4.69, 9.17) is 5.26 Å². The van der Waals surface area contributed by atoms with E-state index >= 15 is 0 Å². The Morgan fingerprint density at radius 2 is 2.21 bits per heavy atom. The molecule has 3 amide bonds. The SMILES string of the molecule is CN(C(=O)Nc1cccc(C#N)c1)[C@H]1CCN(CC(F)(F)F)C1=O. The molecular weight excluding hydrogens is 325 g/mol. The van der Waals surface area contributed by atoms with Crippen LogP contribution in [0.2, 0.25) is 0 Å². The molecule has 9 heteroatoms. The molecule has 1 heterocycles. The second kappa shape index (κ2) is 6.78. The van der Waals surface area contributed by atoms with Gasteiger partial charge in [-0.05, 0) is 24.6 Å². The highest BCUT2D eigenvalue weighted by atomic mass is 19.4. The molecule has 0 saturated carbocycles. The minimum absolute atomic E-state index is 0.0510. The quantitative estimate of drug-likeness (QED) is 0.916. The number of nitriles is 1. The third kappa shape index (κ3) is 4.16. The predicted octanol–water partition coefficient (Wildman–Crippen LogP) is 2.19. The Bertz CT molecular complexity index is 684. The van der Waals surface area contributed by atoms with Crippen LogP contribution in [0.25, 0.3) is 0 Å². The van der Waals surface area contributed by atoms with Crippen LogP contribution < -0.4 is 5.32 Å². The Morgan fingerprint density at radius 1 is 1.50 bits per heavy atom. The predicted molar refractivity (Wildman–Crippen MR) is 79.0 cm³/mol. The van der Waals surface area contributed by atoms with E-state index in [0.717, 1.165) is 4.90 Å². The van der Waals surface area contributed by atoms with Crippen molar-refractivity contribution < 1.29 is 22.8 Å². The van der Waals surface area contributed by atoms with Crippen molar-refractivity contribution in [1.82, 2.24) is 9.80 Å². The summed E-state index contributed by atoms with van der Waals surface area (Å²) < 4.78 is 37.2. The summed E-state index contributed by atoms with van der Waals surface area (Å²) >= 11 is 0. The van der Waals surface area contributed by atoms with E-state index in [-0.39, 0.29) is 13.0 Å². The summed E-state index contributed by atoms with van der Waals surface area (Å²) in [6.07, 6.45) is -4.33. The van der Waals surface area contributed by atoms with Crippen LogP contribution in [0, 0.1) is 11.3 Å². The van der Waals surface area contributed by atoms with Crippen molar-refractivity contribution in [2.75, 3.05) is 25.5 Å². The zero-order valence-electron chi connectivity index (χ0n) is 12.8. The maximum absolute atomic E-state index is 12.4. The Hall–Kier alpha value is -2.76. The standard InChI is InChI=1S/C15H15F3N4O2/c1-21(12-5-6-22(13(12)23)9-15(16,17)18)14(24)20-11-4-2-3-10(7-11)8-19/h2-4,7,12H,5-6,9H2,1H3,(H,20,24)/t12-/m0/s1. The lowest BCUT2D eigenvalue weighted by atomic mass is 10.2. The van der Waals surface area contributed by atoms with E-state index in [1.54, 1.807) is 18.2 Å². The molecule has 2 rings (SSSR count). The summed E-state index contributed by atoms with van der Waals surface area (Å²) in [5, 5.41) is 11.3. The van der Waals surface area contributed by atoms with E-state index in [9.17, 15) is 22.8 Å². The number of rotatable bonds is 3. The molecule has 0 radical (unpaired) electrons. The van der Waals surface area contributed by atoms with Gasteiger partial charge in [0.05, 0.1) is 11.6 Å². The van der Waals surface area contributed by atoms with E-state index < -0.39 is 30.7 Å². The molecule has 1 aliphatic heterocycles. The summed E-state index contributed by atoms with van der Waals surface area (Å²) in [7, 11) is 1.35. The Kier molecular flexibility index (Phi) is 4.97. The zero-order chi connectivity index (χ0) is 17.9. The van der Waals surface area contributed by atoms with Gasteiger partial charge in [0.2, 0.25) is 5.91 Å². The topological polar surface area (TPSA) is 76.4 Å². The van der Waals surface area contributed by atoms with Crippen molar-refractivity contribution >= 4 is 17.6 Å². The monoisotopic (exact) mass is 340 g/mol. The lowest BCUT2D eigenvalue weighted by molar-refractivity contribution is -0.158. The maximum Gasteiger partial charge on any atom is 0.406 e. The molecule has 1 aromatic carbocycles. The van der Waals surface area contributed by atoms with Crippen LogP contribution in [-0.4, -0.2) is 54.1 Å². The molecule has 1 aliphatic rings. The number of carbonyl (C=O) groups excluding carboxylic acids is 2. The number of likely N-dealkylation sites (tertiary alicyclic amines) is 1. The third-order valence-electron chi connectivity index (χ3n) is 3.67. The van der Waals surface area contributed by atoms with Crippen LogP contribution in [0.1, 0.15) is 12.0 Å². The van der Waals surface area contributed by atoms with Crippen molar-refractivity contribution in [3.8, 4) is 6.07 Å². The highest BCUT2D eigenvalue weighted by Crippen LogP contribution is 2.23. The van der Waals surface area contributed by atoms with Gasteiger partial charge in [0.15, 0.2) is 0 Å². The molecule has 128 valence electrons. The first kappa shape index (κ1) is 17.6. The summed E-state index contributed by atoms with van der Waals surface area (Å²) in [6, 6.07) is 6.53. The van der Waals surface area contributed by atoms with E-state index in [2.05, 4.69) is 5.32 Å². The van der Waals surface area contributed by atoms with E-state index in [1.807, 2.05) is 6.07 Å². The second-order valence-electron chi connectivity index (χ2n) is 5.41. The highest BCUT2D eigenvalue weighted by Gasteiger charge is 2.41. The summed E-state index contributed by atoms with van der Waals surface area (Å²) in [4.78, 5) is 26.0. The van der Waals surface area contributed by atoms with Gasteiger partial charge in [0.25, 0.3) is 0 Å². The summed E-state index contributed by atoms with van der Waals surface area (Å²) in [5.74, 6) is -0.726. The van der Waals surface area contributed by atoms with Crippen LogP contribution in [0.15, 0.2) is 24.3 Å². The fourth-order valence-electron chi connectivity index (χ4n) is 2.47. The van der Waals surface area contributed by atoms with Gasteiger partial charge in [-0.25, -0.2) is 4.79 Å². The molecule has 0 spiro atoms. The molecule has 24 heavy (non-hydrogen) atoms. The van der Waals surface area contributed by atoms with Crippen molar-refractivity contribution in [3.63, 3.8) is 0 Å². The van der Waals surface area contributed by atoms with Gasteiger partial charge in [-0.15, -0.1) is 0 Å². The van der Waals surface area contributed by atoms with Crippen molar-refractivity contribution in [1.29, 1.82) is 5.26 Å². The normalized spacial score (nSPS) is 17.5. The lowest BCUT2D eigenvalue weighted by Gasteiger charge is -2.24. The number of hydrogen-bond acceptors (Lipinski definition) is 3. The molecular formula is C15H15F3N4O2. The third-order valence-corrected chi connectivity index (χ3v) is 3.67. The number of hydrogen-bond donors (Lipinski definition) is 1. The van der Waals surface area contributed by atoms with Gasteiger partial charge >= 0.3 is 12.2 Å². The molecule has 0 aliphatic carbocycles. The van der Waals surface area contributed by atoms with Gasteiger partial charge in [-0.3, -0.25) is 4.79 Å². The molecule has 0 bridgehead atoms. The van der Waals surface area contributed by atoms with E-state index in [1.165, 1.54) is 13.1 Å². The Labute approximate surface area is 136 Å². The number of nitrogens with zero attached hydrogens (tertiary/aromatic N) is 3. The van der Waals surface area contributed by atoms with Gasteiger partial charge in [0, 0.05) is 19.3 Å². The summed E-state index contributed by atoms with van der Waals surface area (Å²) in [5.41, 5.74) is 0.715. The fourth-order valence-corrected chi connectivity index (χ4v) is 2.47. The molecule has 1 N–H and O–H groups in total. The van der Waals surface area contributed by atoms with Crippen LogP contribution in [0.4, 0.5) is 23.7 Å². The molecule has 1 saturated heterocycles. The first-order chi connectivity index (χ1) is 11.2. The first-order valence-corrected chi connectivity index (χ1v) is 7.11. The van der Waals surface area contributed by atoms with Crippen LogP contribution in [0.3, 0.4) is 0 Å². The number of benzene rings is 1. The number of anilines is 1. The zero-order valence-corrected chi connectivity index (χ0v) is 12.8. The number of urea groups is 1. The fraction of sp³-hybridized carbons (Fsp3) is 0.400. The number of likely N-dealkylation sites (N-methyl/N-ethyl adjacent to an activating group) is 1. The molecule has 1 atom stereocenters. The second-order valence-corrected chi connectivity index (χ2v) is 5.41. The smallest absolute Gasteiger partial charge is 0.332 e. The van der Waals surface area contributed by atoms with Crippen molar-refractivity contribution in [2.24, 2.45) is 0 Å². The van der Waals surface area contributed by atoms with Crippen LogP contribution >= 0.6 is 0 Å². The minimum atomic E-state index is -4.47. The molecule has 0 unspecified atom stereocenters. The van der Waals surface area contributed by atoms with Gasteiger partial charge in [-0.1, -0.05) is 6.07 Å². The maximum atomic E-state index is 12.4. The summed E-state index contributed by atoms with van der Waals surface area (Å²) in [6.45, 7) is -1.37. The van der Waals surface area contributed by atoms with Gasteiger partial charge in [0.1, 0.15) is 12.6 Å². The Morgan fingerprint density at radius 3 is 2.83 bits per heavy atom. The van der Waals surface area contributed by atoms with Crippen molar-refractivity contribution in [3.05, 3.63) is 29.8 Å². The first-order valence-electron chi connectivity index (χ1n) is 7.11. The largest absolute Gasteiger partial charge is 0.406 e. The lowest BCUT2D eigenvalue weighted by Crippen LogP contribution is -2.46. The molecule has 1 fully saturated rings. The Balaban J connectivity index is 2.01. The molecule has 1 aromatic rings. The van der Waals surface area contributed by atoms with E-state index in [0.29, 0.717) is 16.2 Å². The van der Waals surface area contributed by atoms with Crippen molar-refractivity contribution in [2.45, 2.75) is 18.6 Å². The van der Waals surface area contributed by atoms with Gasteiger partial charge in [-0.2, -0.15) is 18.4 Å². The highest BCUT2D eigenvalue weighted by molar-refractivity contribution is 5.94. The average Bonchev–Trinajstić information content (AvgIpc) is 2.86. The number of carbonyl (C=O) groups is 2. The van der Waals surface area contributed by atoms with Gasteiger partial charge < -0.3 is 15.1 Å². The number of amides is 3. The van der Waals surface area contributed by atoms with Crippen LogP contribution in [0.5, 0.6) is 0 Å². The average molecular weight is 340 g/mol. The minimum Gasteiger partial charge on any atom is -0.332 e. The number of halogens is 3. The number of nitrogens with one attached hydrogen (secondary N) is 1. The molecule has 6 nitrogen and oxygen atoms in total. The molecule has 0 aromatic heterocycles. The number of alkyl halides is 3.